The van der Waals surface area contributed by atoms with Crippen molar-refractivity contribution in [3.05, 3.63) is 70.8 Å². The van der Waals surface area contributed by atoms with Crippen molar-refractivity contribution in [3.8, 4) is 0 Å². The number of esters is 1. The number of carbonyl (C=O) groups is 1. The second kappa shape index (κ2) is 9.32. The minimum absolute atomic E-state index is 0.00539. The molecule has 6 nitrogen and oxygen atoms in total. The van der Waals surface area contributed by atoms with Gasteiger partial charge in [0.05, 0.1) is 25.9 Å². The summed E-state index contributed by atoms with van der Waals surface area (Å²) in [6, 6.07) is 17.1. The molecule has 2 aromatic rings. The topological polar surface area (TPSA) is 51.2 Å². The van der Waals surface area contributed by atoms with Gasteiger partial charge in [0, 0.05) is 43.9 Å². The van der Waals surface area contributed by atoms with E-state index in [-0.39, 0.29) is 12.1 Å². The largest absolute Gasteiger partial charge is 0.465 e. The molecule has 1 unspecified atom stereocenters. The summed E-state index contributed by atoms with van der Waals surface area (Å²) < 4.78 is 18.4. The van der Waals surface area contributed by atoms with Crippen LogP contribution in [0.1, 0.15) is 29.2 Å². The van der Waals surface area contributed by atoms with Crippen LogP contribution in [-0.4, -0.2) is 74.4 Å². The Labute approximate surface area is 190 Å². The average Bonchev–Trinajstić information content (AvgIpc) is 3.18. The Bertz CT molecular complexity index is 907. The average molecular weight is 437 g/mol. The highest BCUT2D eigenvalue weighted by Crippen LogP contribution is 2.45. The summed E-state index contributed by atoms with van der Waals surface area (Å²) in [7, 11) is 0. The summed E-state index contributed by atoms with van der Waals surface area (Å²) >= 11 is 0. The third-order valence-electron chi connectivity index (χ3n) is 6.80. The van der Waals surface area contributed by atoms with Crippen molar-refractivity contribution in [2.45, 2.75) is 31.7 Å². The monoisotopic (exact) mass is 436 g/mol. The fourth-order valence-electron chi connectivity index (χ4n) is 5.23. The Morgan fingerprint density at radius 2 is 1.56 bits per heavy atom. The Balaban J connectivity index is 1.28. The van der Waals surface area contributed by atoms with Crippen LogP contribution in [0.25, 0.3) is 0 Å². The molecule has 2 saturated heterocycles. The molecule has 0 aromatic heterocycles. The van der Waals surface area contributed by atoms with Crippen molar-refractivity contribution in [1.82, 2.24) is 9.80 Å². The van der Waals surface area contributed by atoms with Crippen molar-refractivity contribution in [2.24, 2.45) is 0 Å². The van der Waals surface area contributed by atoms with Crippen LogP contribution in [0.4, 0.5) is 0 Å². The van der Waals surface area contributed by atoms with Crippen molar-refractivity contribution in [1.29, 1.82) is 0 Å². The van der Waals surface area contributed by atoms with E-state index in [1.807, 2.05) is 6.92 Å². The van der Waals surface area contributed by atoms with Crippen LogP contribution >= 0.6 is 0 Å². The van der Waals surface area contributed by atoms with Gasteiger partial charge in [-0.1, -0.05) is 48.5 Å². The molecule has 3 aliphatic rings. The van der Waals surface area contributed by atoms with Gasteiger partial charge in [-0.25, -0.2) is 0 Å². The second-order valence-corrected chi connectivity index (χ2v) is 8.86. The highest BCUT2D eigenvalue weighted by Gasteiger charge is 2.48. The Hall–Kier alpha value is -2.25. The van der Waals surface area contributed by atoms with E-state index in [9.17, 15) is 4.79 Å². The molecule has 0 N–H and O–H groups in total. The number of hydrogen-bond donors (Lipinski definition) is 0. The summed E-state index contributed by atoms with van der Waals surface area (Å²) in [6.07, 6.45) is 1.99. The van der Waals surface area contributed by atoms with Gasteiger partial charge in [-0.2, -0.15) is 0 Å². The summed E-state index contributed by atoms with van der Waals surface area (Å²) in [5.41, 5.74) is 4.90. The van der Waals surface area contributed by atoms with Gasteiger partial charge < -0.3 is 14.2 Å². The molecule has 0 saturated carbocycles. The second-order valence-electron chi connectivity index (χ2n) is 8.86. The third kappa shape index (κ3) is 4.20. The molecule has 2 heterocycles. The lowest BCUT2D eigenvalue weighted by Crippen LogP contribution is -2.50. The van der Waals surface area contributed by atoms with Gasteiger partial charge in [-0.3, -0.25) is 14.6 Å². The third-order valence-corrected chi connectivity index (χ3v) is 6.80. The van der Waals surface area contributed by atoms with Crippen molar-refractivity contribution >= 4 is 5.97 Å². The first-order chi connectivity index (χ1) is 15.7. The van der Waals surface area contributed by atoms with Gasteiger partial charge in [0.25, 0.3) is 0 Å². The molecule has 2 aromatic carbocycles. The van der Waals surface area contributed by atoms with Gasteiger partial charge in [0.2, 0.25) is 5.79 Å². The molecular weight excluding hydrogens is 404 g/mol. The van der Waals surface area contributed by atoms with Crippen molar-refractivity contribution < 1.29 is 19.0 Å². The smallest absolute Gasteiger partial charge is 0.320 e. The molecular formula is C26H32N2O4. The molecule has 1 spiro atoms. The normalized spacial score (nSPS) is 22.8. The zero-order valence-corrected chi connectivity index (χ0v) is 18.8. The fraction of sp³-hybridized carbons (Fsp3) is 0.500. The predicted molar refractivity (Wildman–Crippen MR) is 121 cm³/mol. The number of fused-ring (bicyclic) bond motifs is 4. The van der Waals surface area contributed by atoms with E-state index >= 15 is 0 Å². The first-order valence-corrected chi connectivity index (χ1v) is 11.8. The first-order valence-electron chi connectivity index (χ1n) is 11.8. The minimum atomic E-state index is -0.819. The maximum Gasteiger partial charge on any atom is 0.320 e. The molecule has 1 atom stereocenters. The van der Waals surface area contributed by atoms with E-state index < -0.39 is 5.79 Å². The molecule has 170 valence electrons. The number of carbonyl (C=O) groups excluding carboxylic acids is 1. The highest BCUT2D eigenvalue weighted by molar-refractivity contribution is 5.71. The molecule has 1 aliphatic carbocycles. The maximum absolute atomic E-state index is 11.8. The van der Waals surface area contributed by atoms with Crippen LogP contribution in [-0.2, 0) is 37.6 Å². The van der Waals surface area contributed by atoms with E-state index in [2.05, 4.69) is 58.3 Å². The summed E-state index contributed by atoms with van der Waals surface area (Å²) in [6.45, 7) is 7.63. The number of benzene rings is 2. The van der Waals surface area contributed by atoms with Gasteiger partial charge in [0.15, 0.2) is 0 Å². The minimum Gasteiger partial charge on any atom is -0.465 e. The van der Waals surface area contributed by atoms with E-state index in [1.165, 1.54) is 11.1 Å². The summed E-state index contributed by atoms with van der Waals surface area (Å²) in [5, 5.41) is 0. The lowest BCUT2D eigenvalue weighted by atomic mass is 9.93. The van der Waals surface area contributed by atoms with Crippen molar-refractivity contribution in [3.63, 3.8) is 0 Å². The standard InChI is InChI=1S/C26H32N2O4/c1-2-30-25(29)18-28-15-13-27(14-16-28)17-22-19-31-26(32-22)23-9-5-3-7-20(23)11-12-21-8-4-6-10-24(21)26/h3-10,22H,2,11-19H2,1H3. The van der Waals surface area contributed by atoms with Crippen LogP contribution in [0.2, 0.25) is 0 Å². The number of ether oxygens (including phenoxy) is 3. The van der Waals surface area contributed by atoms with Crippen LogP contribution in [0.5, 0.6) is 0 Å². The highest BCUT2D eigenvalue weighted by atomic mass is 16.7. The van der Waals surface area contributed by atoms with Crippen molar-refractivity contribution in [2.75, 3.05) is 52.5 Å². The lowest BCUT2D eigenvalue weighted by molar-refractivity contribution is -0.147. The van der Waals surface area contributed by atoms with Gasteiger partial charge in [-0.15, -0.1) is 0 Å². The van der Waals surface area contributed by atoms with Gasteiger partial charge in [0.1, 0.15) is 0 Å². The summed E-state index contributed by atoms with van der Waals surface area (Å²) in [4.78, 5) is 16.3. The molecule has 2 aliphatic heterocycles. The molecule has 5 rings (SSSR count). The zero-order valence-electron chi connectivity index (χ0n) is 18.8. The summed E-state index contributed by atoms with van der Waals surface area (Å²) in [5.74, 6) is -0.957. The molecule has 0 bridgehead atoms. The van der Waals surface area contributed by atoms with E-state index in [0.29, 0.717) is 19.8 Å². The first kappa shape index (κ1) is 21.6. The number of hydrogen-bond acceptors (Lipinski definition) is 6. The van der Waals surface area contributed by atoms with Gasteiger partial charge in [-0.05, 0) is 30.9 Å². The number of nitrogens with zero attached hydrogens (tertiary/aromatic N) is 2. The molecule has 32 heavy (non-hydrogen) atoms. The van der Waals surface area contributed by atoms with Crippen LogP contribution < -0.4 is 0 Å². The van der Waals surface area contributed by atoms with Crippen LogP contribution in [0.15, 0.2) is 48.5 Å². The SMILES string of the molecule is CCOC(=O)CN1CCN(CC2COC3(O2)c2ccccc2CCc2ccccc23)CC1. The molecule has 0 radical (unpaired) electrons. The Kier molecular flexibility index (Phi) is 6.28. The van der Waals surface area contributed by atoms with Gasteiger partial charge >= 0.3 is 5.97 Å². The molecule has 6 heteroatoms. The number of rotatable bonds is 5. The quantitative estimate of drug-likeness (QED) is 0.672. The fourth-order valence-corrected chi connectivity index (χ4v) is 5.23. The predicted octanol–water partition coefficient (Wildman–Crippen LogP) is 2.58. The van der Waals surface area contributed by atoms with E-state index in [0.717, 1.165) is 56.7 Å². The molecule has 2 fully saturated rings. The van der Waals surface area contributed by atoms with Crippen LogP contribution in [0.3, 0.4) is 0 Å². The van der Waals surface area contributed by atoms with Crippen LogP contribution in [0, 0.1) is 0 Å². The molecule has 0 amide bonds. The zero-order chi connectivity index (χ0) is 22.0. The Morgan fingerprint density at radius 1 is 0.969 bits per heavy atom. The van der Waals surface area contributed by atoms with E-state index in [1.54, 1.807) is 0 Å². The lowest BCUT2D eigenvalue weighted by Gasteiger charge is -2.35. The maximum atomic E-state index is 11.8. The Morgan fingerprint density at radius 3 is 2.19 bits per heavy atom. The van der Waals surface area contributed by atoms with E-state index in [4.69, 9.17) is 14.2 Å². The number of aryl methyl sites for hydroxylation is 2. The number of piperazine rings is 1.